The highest BCUT2D eigenvalue weighted by molar-refractivity contribution is 5.54. The second-order valence-electron chi connectivity index (χ2n) is 6.67. The molecule has 2 N–H and O–H groups in total. The second kappa shape index (κ2) is 9.51. The number of rotatable bonds is 9. The lowest BCUT2D eigenvalue weighted by molar-refractivity contribution is 0.0612. The molecule has 28 heavy (non-hydrogen) atoms. The van der Waals surface area contributed by atoms with E-state index in [1.54, 1.807) is 14.2 Å². The molecule has 4 heteroatoms. The van der Waals surface area contributed by atoms with Crippen molar-refractivity contribution in [3.05, 3.63) is 102 Å². The van der Waals surface area contributed by atoms with E-state index in [0.29, 0.717) is 6.54 Å². The average Bonchev–Trinajstić information content (AvgIpc) is 2.76. The number of aliphatic hydroxyl groups is 1. The van der Waals surface area contributed by atoms with E-state index in [-0.39, 0.29) is 6.61 Å². The fourth-order valence-corrected chi connectivity index (χ4v) is 3.63. The van der Waals surface area contributed by atoms with Crippen LogP contribution in [0.2, 0.25) is 0 Å². The standard InChI is InChI=1S/C24H27NO3/c1-27-18-21(26)17-25-24(19-11-5-3-6-12-19,20-13-7-4-8-14-20)22-15-9-10-16-23(22)28-2/h3-16,21,25-26H,17-18H2,1-2H3/t21-/m0/s1. The van der Waals surface area contributed by atoms with E-state index in [0.717, 1.165) is 22.4 Å². The molecular weight excluding hydrogens is 350 g/mol. The van der Waals surface area contributed by atoms with Gasteiger partial charge < -0.3 is 14.6 Å². The molecule has 0 radical (unpaired) electrons. The molecule has 4 nitrogen and oxygen atoms in total. The fraction of sp³-hybridized carbons (Fsp3) is 0.250. The van der Waals surface area contributed by atoms with Crippen LogP contribution in [0.3, 0.4) is 0 Å². The monoisotopic (exact) mass is 377 g/mol. The maximum absolute atomic E-state index is 10.4. The highest BCUT2D eigenvalue weighted by Gasteiger charge is 2.38. The van der Waals surface area contributed by atoms with Crippen molar-refractivity contribution in [2.24, 2.45) is 0 Å². The lowest BCUT2D eigenvalue weighted by Gasteiger charge is -2.38. The molecule has 0 aliphatic rings. The third kappa shape index (κ3) is 4.09. The summed E-state index contributed by atoms with van der Waals surface area (Å²) in [7, 11) is 3.27. The smallest absolute Gasteiger partial charge is 0.124 e. The molecule has 1 atom stereocenters. The Morgan fingerprint density at radius 3 is 1.89 bits per heavy atom. The summed E-state index contributed by atoms with van der Waals surface area (Å²) in [5.74, 6) is 0.781. The van der Waals surface area contributed by atoms with Gasteiger partial charge in [0.05, 0.1) is 25.4 Å². The van der Waals surface area contributed by atoms with Crippen molar-refractivity contribution < 1.29 is 14.6 Å². The van der Waals surface area contributed by atoms with Gasteiger partial charge in [0.2, 0.25) is 0 Å². The fourth-order valence-electron chi connectivity index (χ4n) is 3.63. The average molecular weight is 377 g/mol. The maximum Gasteiger partial charge on any atom is 0.124 e. The molecule has 0 aromatic heterocycles. The highest BCUT2D eigenvalue weighted by atomic mass is 16.5. The quantitative estimate of drug-likeness (QED) is 0.560. The van der Waals surface area contributed by atoms with Crippen molar-refractivity contribution in [1.29, 1.82) is 0 Å². The number of benzene rings is 3. The van der Waals surface area contributed by atoms with Crippen LogP contribution in [0.5, 0.6) is 5.75 Å². The van der Waals surface area contributed by atoms with Crippen LogP contribution in [0, 0.1) is 0 Å². The molecule has 0 unspecified atom stereocenters. The highest BCUT2D eigenvalue weighted by Crippen LogP contribution is 2.41. The predicted octanol–water partition coefficient (Wildman–Crippen LogP) is 3.58. The Labute approximate surface area is 166 Å². The molecule has 0 amide bonds. The van der Waals surface area contributed by atoms with E-state index in [9.17, 15) is 5.11 Å². The summed E-state index contributed by atoms with van der Waals surface area (Å²) in [6.45, 7) is 0.619. The van der Waals surface area contributed by atoms with Gasteiger partial charge in [0, 0.05) is 19.2 Å². The third-order valence-corrected chi connectivity index (χ3v) is 4.89. The van der Waals surface area contributed by atoms with Gasteiger partial charge >= 0.3 is 0 Å². The first-order chi connectivity index (χ1) is 13.7. The van der Waals surface area contributed by atoms with E-state index in [1.807, 2.05) is 54.6 Å². The minimum atomic E-state index is -0.691. The second-order valence-corrected chi connectivity index (χ2v) is 6.67. The molecule has 0 spiro atoms. The van der Waals surface area contributed by atoms with E-state index in [1.165, 1.54) is 0 Å². The Kier molecular flexibility index (Phi) is 6.82. The Bertz CT molecular complexity index is 812. The minimum absolute atomic E-state index is 0.262. The number of methoxy groups -OCH3 is 2. The van der Waals surface area contributed by atoms with Gasteiger partial charge in [-0.05, 0) is 17.2 Å². The minimum Gasteiger partial charge on any atom is -0.496 e. The van der Waals surface area contributed by atoms with Crippen LogP contribution in [0.4, 0.5) is 0 Å². The van der Waals surface area contributed by atoms with Crippen molar-refractivity contribution >= 4 is 0 Å². The number of ether oxygens (including phenoxy) is 2. The molecule has 3 rings (SSSR count). The summed E-state index contributed by atoms with van der Waals surface area (Å²) >= 11 is 0. The molecule has 0 fully saturated rings. The number of aliphatic hydroxyl groups excluding tert-OH is 1. The molecule has 3 aromatic carbocycles. The summed E-state index contributed by atoms with van der Waals surface area (Å²) in [6.07, 6.45) is -0.633. The molecule has 0 aliphatic heterocycles. The molecular formula is C24H27NO3. The van der Waals surface area contributed by atoms with Gasteiger partial charge in [-0.2, -0.15) is 0 Å². The molecule has 0 bridgehead atoms. The number of hydrogen-bond acceptors (Lipinski definition) is 4. The van der Waals surface area contributed by atoms with Crippen molar-refractivity contribution in [1.82, 2.24) is 5.32 Å². The molecule has 146 valence electrons. The van der Waals surface area contributed by atoms with Gasteiger partial charge in [-0.3, -0.25) is 5.32 Å². The Balaban J connectivity index is 2.23. The van der Waals surface area contributed by atoms with Gasteiger partial charge in [0.15, 0.2) is 0 Å². The van der Waals surface area contributed by atoms with E-state index in [4.69, 9.17) is 9.47 Å². The maximum atomic E-state index is 10.4. The summed E-state index contributed by atoms with van der Waals surface area (Å²) < 4.78 is 10.8. The van der Waals surface area contributed by atoms with Crippen molar-refractivity contribution in [2.45, 2.75) is 11.6 Å². The van der Waals surface area contributed by atoms with Gasteiger partial charge in [0.25, 0.3) is 0 Å². The lowest BCUT2D eigenvalue weighted by atomic mass is 9.76. The summed E-state index contributed by atoms with van der Waals surface area (Å²) in [5, 5.41) is 14.0. The van der Waals surface area contributed by atoms with Crippen LogP contribution >= 0.6 is 0 Å². The van der Waals surface area contributed by atoms with Crippen LogP contribution in [0.15, 0.2) is 84.9 Å². The normalized spacial score (nSPS) is 12.5. The van der Waals surface area contributed by atoms with Crippen LogP contribution in [-0.2, 0) is 10.3 Å². The molecule has 0 heterocycles. The molecule has 0 saturated heterocycles. The molecule has 0 aliphatic carbocycles. The van der Waals surface area contributed by atoms with Crippen LogP contribution in [0.25, 0.3) is 0 Å². The van der Waals surface area contributed by atoms with Crippen LogP contribution < -0.4 is 10.1 Å². The number of nitrogens with one attached hydrogen (secondary N) is 1. The summed E-state index contributed by atoms with van der Waals surface area (Å²) in [6, 6.07) is 28.5. The number of para-hydroxylation sites is 1. The zero-order valence-corrected chi connectivity index (χ0v) is 16.3. The van der Waals surface area contributed by atoms with Crippen molar-refractivity contribution in [3.63, 3.8) is 0 Å². The van der Waals surface area contributed by atoms with Crippen molar-refractivity contribution in [2.75, 3.05) is 27.4 Å². The number of hydrogen-bond donors (Lipinski definition) is 2. The summed E-state index contributed by atoms with van der Waals surface area (Å²) in [5.41, 5.74) is 2.43. The molecule has 3 aromatic rings. The van der Waals surface area contributed by atoms with E-state index < -0.39 is 11.6 Å². The third-order valence-electron chi connectivity index (χ3n) is 4.89. The Hall–Kier alpha value is -2.66. The topological polar surface area (TPSA) is 50.7 Å². The van der Waals surface area contributed by atoms with E-state index >= 15 is 0 Å². The first kappa shape index (κ1) is 20.1. The first-order valence-electron chi connectivity index (χ1n) is 9.39. The summed E-state index contributed by atoms with van der Waals surface area (Å²) in [4.78, 5) is 0. The lowest BCUT2D eigenvalue weighted by Crippen LogP contribution is -2.48. The Morgan fingerprint density at radius 2 is 1.36 bits per heavy atom. The van der Waals surface area contributed by atoms with Gasteiger partial charge in [-0.15, -0.1) is 0 Å². The van der Waals surface area contributed by atoms with E-state index in [2.05, 4.69) is 35.6 Å². The first-order valence-corrected chi connectivity index (χ1v) is 9.39. The van der Waals surface area contributed by atoms with Crippen molar-refractivity contribution in [3.8, 4) is 5.75 Å². The largest absolute Gasteiger partial charge is 0.496 e. The predicted molar refractivity (Wildman–Crippen MR) is 112 cm³/mol. The zero-order valence-electron chi connectivity index (χ0n) is 16.3. The van der Waals surface area contributed by atoms with Gasteiger partial charge in [-0.25, -0.2) is 0 Å². The SMILES string of the molecule is COC[C@@H](O)CNC(c1ccccc1)(c1ccccc1)c1ccccc1OC. The molecule has 0 saturated carbocycles. The zero-order chi connectivity index (χ0) is 19.8. The van der Waals surface area contributed by atoms with Gasteiger partial charge in [0.1, 0.15) is 5.75 Å². The Morgan fingerprint density at radius 1 is 0.821 bits per heavy atom. The van der Waals surface area contributed by atoms with Gasteiger partial charge in [-0.1, -0.05) is 78.9 Å². The van der Waals surface area contributed by atoms with Crippen LogP contribution in [0.1, 0.15) is 16.7 Å². The van der Waals surface area contributed by atoms with Crippen LogP contribution in [-0.4, -0.2) is 38.6 Å².